The van der Waals surface area contributed by atoms with Crippen molar-refractivity contribution >= 4 is 23.2 Å². The lowest BCUT2D eigenvalue weighted by Crippen LogP contribution is -2.27. The van der Waals surface area contributed by atoms with Gasteiger partial charge in [-0.25, -0.2) is 0 Å². The van der Waals surface area contributed by atoms with E-state index in [1.165, 1.54) is 12.8 Å². The van der Waals surface area contributed by atoms with Crippen molar-refractivity contribution in [3.05, 3.63) is 33.8 Å². The van der Waals surface area contributed by atoms with Crippen LogP contribution in [0.4, 0.5) is 0 Å². The standard InChI is InChI=1S/C14H19Cl2N/c1-10(2)14(5-6-14)9-17-8-11-3-4-12(15)7-13(11)16/h3-4,7,10,17H,5-6,8-9H2,1-2H3. The second-order valence-corrected chi connectivity index (χ2v) is 6.20. The van der Waals surface area contributed by atoms with Gasteiger partial charge in [0.2, 0.25) is 0 Å². The molecule has 1 aromatic rings. The molecule has 1 aromatic carbocycles. The van der Waals surface area contributed by atoms with Crippen molar-refractivity contribution < 1.29 is 0 Å². The fourth-order valence-corrected chi connectivity index (χ4v) is 2.71. The van der Waals surface area contributed by atoms with E-state index in [0.717, 1.165) is 29.6 Å². The van der Waals surface area contributed by atoms with E-state index < -0.39 is 0 Å². The third-order valence-electron chi connectivity index (χ3n) is 3.92. The van der Waals surface area contributed by atoms with Gasteiger partial charge in [0.15, 0.2) is 0 Å². The molecule has 1 aliphatic rings. The van der Waals surface area contributed by atoms with Gasteiger partial charge in [-0.1, -0.05) is 43.1 Å². The third kappa shape index (κ3) is 3.15. The molecule has 0 radical (unpaired) electrons. The SMILES string of the molecule is CC(C)C1(CNCc2ccc(Cl)cc2Cl)CC1. The van der Waals surface area contributed by atoms with Crippen LogP contribution in [0, 0.1) is 11.3 Å². The van der Waals surface area contributed by atoms with Crippen LogP contribution in [-0.2, 0) is 6.54 Å². The summed E-state index contributed by atoms with van der Waals surface area (Å²) in [6.45, 7) is 6.53. The van der Waals surface area contributed by atoms with E-state index in [4.69, 9.17) is 23.2 Å². The highest BCUT2D eigenvalue weighted by Crippen LogP contribution is 2.51. The number of rotatable bonds is 5. The Balaban J connectivity index is 1.86. The monoisotopic (exact) mass is 271 g/mol. The summed E-state index contributed by atoms with van der Waals surface area (Å²) in [5.74, 6) is 0.760. The first-order valence-electron chi connectivity index (χ1n) is 6.18. The van der Waals surface area contributed by atoms with Crippen LogP contribution in [0.1, 0.15) is 32.3 Å². The van der Waals surface area contributed by atoms with Gasteiger partial charge in [0.1, 0.15) is 0 Å². The molecule has 0 amide bonds. The van der Waals surface area contributed by atoms with Gasteiger partial charge in [-0.2, -0.15) is 0 Å². The smallest absolute Gasteiger partial charge is 0.0465 e. The molecule has 1 N–H and O–H groups in total. The van der Waals surface area contributed by atoms with Gasteiger partial charge >= 0.3 is 0 Å². The molecule has 1 fully saturated rings. The number of hydrogen-bond donors (Lipinski definition) is 1. The molecule has 0 aliphatic heterocycles. The van der Waals surface area contributed by atoms with E-state index in [0.29, 0.717) is 10.4 Å². The molecule has 94 valence electrons. The predicted octanol–water partition coefficient (Wildman–Crippen LogP) is 4.52. The zero-order valence-electron chi connectivity index (χ0n) is 10.4. The number of hydrogen-bond acceptors (Lipinski definition) is 1. The van der Waals surface area contributed by atoms with Gasteiger partial charge < -0.3 is 5.32 Å². The topological polar surface area (TPSA) is 12.0 Å². The van der Waals surface area contributed by atoms with Gasteiger partial charge in [-0.05, 0) is 41.9 Å². The summed E-state index contributed by atoms with van der Waals surface area (Å²) >= 11 is 12.0. The second-order valence-electron chi connectivity index (χ2n) is 5.36. The minimum absolute atomic E-state index is 0.541. The third-order valence-corrected chi connectivity index (χ3v) is 4.51. The summed E-state index contributed by atoms with van der Waals surface area (Å²) in [6.07, 6.45) is 2.71. The van der Waals surface area contributed by atoms with Crippen molar-refractivity contribution in [2.45, 2.75) is 33.2 Å². The molecule has 2 rings (SSSR count). The van der Waals surface area contributed by atoms with Crippen LogP contribution < -0.4 is 5.32 Å². The van der Waals surface area contributed by atoms with Gasteiger partial charge in [-0.3, -0.25) is 0 Å². The minimum atomic E-state index is 0.541. The fourth-order valence-electron chi connectivity index (χ4n) is 2.23. The van der Waals surface area contributed by atoms with Crippen molar-refractivity contribution in [1.82, 2.24) is 5.32 Å². The quantitative estimate of drug-likeness (QED) is 0.831. The van der Waals surface area contributed by atoms with Crippen LogP contribution >= 0.6 is 23.2 Å². The molecule has 0 unspecified atom stereocenters. The van der Waals surface area contributed by atoms with Crippen molar-refractivity contribution in [3.8, 4) is 0 Å². The Morgan fingerprint density at radius 1 is 1.29 bits per heavy atom. The summed E-state index contributed by atoms with van der Waals surface area (Å²) < 4.78 is 0. The largest absolute Gasteiger partial charge is 0.312 e. The lowest BCUT2D eigenvalue weighted by atomic mass is 9.92. The molecular weight excluding hydrogens is 253 g/mol. The maximum atomic E-state index is 6.13. The highest BCUT2D eigenvalue weighted by molar-refractivity contribution is 6.35. The highest BCUT2D eigenvalue weighted by atomic mass is 35.5. The van der Waals surface area contributed by atoms with Crippen molar-refractivity contribution in [1.29, 1.82) is 0 Å². The van der Waals surface area contributed by atoms with Crippen LogP contribution in [0.3, 0.4) is 0 Å². The molecule has 0 aromatic heterocycles. The molecule has 3 heteroatoms. The van der Waals surface area contributed by atoms with Crippen LogP contribution in [-0.4, -0.2) is 6.54 Å². The maximum Gasteiger partial charge on any atom is 0.0465 e. The molecule has 0 saturated heterocycles. The van der Waals surface area contributed by atoms with Crippen LogP contribution in [0.25, 0.3) is 0 Å². The van der Waals surface area contributed by atoms with E-state index in [9.17, 15) is 0 Å². The van der Waals surface area contributed by atoms with Crippen LogP contribution in [0.2, 0.25) is 10.0 Å². The van der Waals surface area contributed by atoms with Gasteiger partial charge in [0.05, 0.1) is 0 Å². The van der Waals surface area contributed by atoms with Crippen molar-refractivity contribution in [2.75, 3.05) is 6.54 Å². The maximum absolute atomic E-state index is 6.13. The van der Waals surface area contributed by atoms with Crippen LogP contribution in [0.5, 0.6) is 0 Å². The normalized spacial score (nSPS) is 17.5. The molecule has 1 nitrogen and oxygen atoms in total. The second kappa shape index (κ2) is 5.17. The van der Waals surface area contributed by atoms with Gasteiger partial charge in [-0.15, -0.1) is 0 Å². The molecule has 0 atom stereocenters. The Morgan fingerprint density at radius 2 is 2.00 bits per heavy atom. The van der Waals surface area contributed by atoms with E-state index in [1.807, 2.05) is 12.1 Å². The fraction of sp³-hybridized carbons (Fsp3) is 0.571. The average molecular weight is 272 g/mol. The first-order chi connectivity index (χ1) is 8.03. The summed E-state index contributed by atoms with van der Waals surface area (Å²) in [5, 5.41) is 4.96. The zero-order chi connectivity index (χ0) is 12.5. The van der Waals surface area contributed by atoms with E-state index in [1.54, 1.807) is 6.07 Å². The lowest BCUT2D eigenvalue weighted by Gasteiger charge is -2.20. The van der Waals surface area contributed by atoms with Crippen molar-refractivity contribution in [2.24, 2.45) is 11.3 Å². The predicted molar refractivity (Wildman–Crippen MR) is 74.7 cm³/mol. The molecule has 0 heterocycles. The van der Waals surface area contributed by atoms with E-state index in [2.05, 4.69) is 19.2 Å². The molecule has 1 saturated carbocycles. The molecule has 17 heavy (non-hydrogen) atoms. The summed E-state index contributed by atoms with van der Waals surface area (Å²) in [7, 11) is 0. The van der Waals surface area contributed by atoms with E-state index >= 15 is 0 Å². The number of nitrogens with one attached hydrogen (secondary N) is 1. The van der Waals surface area contributed by atoms with Crippen LogP contribution in [0.15, 0.2) is 18.2 Å². The zero-order valence-corrected chi connectivity index (χ0v) is 11.9. The Bertz CT molecular complexity index is 397. The number of benzene rings is 1. The minimum Gasteiger partial charge on any atom is -0.312 e. The highest BCUT2D eigenvalue weighted by Gasteiger charge is 2.44. The molecule has 0 spiro atoms. The van der Waals surface area contributed by atoms with Gasteiger partial charge in [0, 0.05) is 23.1 Å². The average Bonchev–Trinajstić information content (AvgIpc) is 3.02. The summed E-state index contributed by atoms with van der Waals surface area (Å²) in [5.41, 5.74) is 1.66. The first kappa shape index (κ1) is 13.2. The Hall–Kier alpha value is -0.240. The first-order valence-corrected chi connectivity index (χ1v) is 6.94. The van der Waals surface area contributed by atoms with E-state index in [-0.39, 0.29) is 0 Å². The Kier molecular flexibility index (Phi) is 4.02. The van der Waals surface area contributed by atoms with Gasteiger partial charge in [0.25, 0.3) is 0 Å². The summed E-state index contributed by atoms with van der Waals surface area (Å²) in [4.78, 5) is 0. The molecular formula is C14H19Cl2N. The molecule has 0 bridgehead atoms. The summed E-state index contributed by atoms with van der Waals surface area (Å²) in [6, 6.07) is 5.68. The van der Waals surface area contributed by atoms with Crippen molar-refractivity contribution in [3.63, 3.8) is 0 Å². The Morgan fingerprint density at radius 3 is 2.53 bits per heavy atom. The Labute approximate surface area is 114 Å². The molecule has 1 aliphatic carbocycles. The number of halogens is 2. The lowest BCUT2D eigenvalue weighted by molar-refractivity contribution is 0.338.